The van der Waals surface area contributed by atoms with E-state index in [0.29, 0.717) is 10.9 Å². The second-order valence-corrected chi connectivity index (χ2v) is 6.23. The predicted octanol–water partition coefficient (Wildman–Crippen LogP) is 6.45. The van der Waals surface area contributed by atoms with Gasteiger partial charge in [-0.05, 0) is 35.0 Å². The summed E-state index contributed by atoms with van der Waals surface area (Å²) >= 11 is 5.98. The topological polar surface area (TPSA) is 26.0 Å². The molecule has 0 spiro atoms. The minimum absolute atomic E-state index is 0.614. The van der Waals surface area contributed by atoms with Gasteiger partial charge in [0.1, 0.15) is 5.52 Å². The third-order valence-electron chi connectivity index (χ3n) is 4.36. The van der Waals surface area contributed by atoms with E-state index in [9.17, 15) is 0 Å². The standard InChI is InChI=1S/C21H12ClNO/c22-14-11-9-13(10-12-14)21-23-19-17-7-3-1-5-15(17)16-6-2-4-8-18(16)20(19)24-21/h1-12H. The van der Waals surface area contributed by atoms with Crippen molar-refractivity contribution in [2.24, 2.45) is 0 Å². The van der Waals surface area contributed by atoms with Gasteiger partial charge >= 0.3 is 0 Å². The molecule has 3 heteroatoms. The Hall–Kier alpha value is -2.84. The highest BCUT2D eigenvalue weighted by atomic mass is 35.5. The van der Waals surface area contributed by atoms with E-state index in [1.807, 2.05) is 36.4 Å². The van der Waals surface area contributed by atoms with Gasteiger partial charge in [-0.25, -0.2) is 4.98 Å². The Morgan fingerprint density at radius 1 is 0.667 bits per heavy atom. The van der Waals surface area contributed by atoms with E-state index in [1.54, 1.807) is 0 Å². The van der Waals surface area contributed by atoms with Crippen LogP contribution in [-0.4, -0.2) is 4.98 Å². The van der Waals surface area contributed by atoms with Crippen molar-refractivity contribution in [1.82, 2.24) is 4.98 Å². The van der Waals surface area contributed by atoms with E-state index < -0.39 is 0 Å². The lowest BCUT2D eigenvalue weighted by Crippen LogP contribution is -1.80. The summed E-state index contributed by atoms with van der Waals surface area (Å²) in [6.07, 6.45) is 0. The van der Waals surface area contributed by atoms with Gasteiger partial charge in [0, 0.05) is 21.4 Å². The second kappa shape index (κ2) is 5.08. The monoisotopic (exact) mass is 329 g/mol. The lowest BCUT2D eigenvalue weighted by atomic mass is 10.0. The third-order valence-corrected chi connectivity index (χ3v) is 4.61. The molecule has 0 fully saturated rings. The van der Waals surface area contributed by atoms with E-state index in [-0.39, 0.29) is 0 Å². The van der Waals surface area contributed by atoms with Crippen LogP contribution in [0.5, 0.6) is 0 Å². The number of rotatable bonds is 1. The highest BCUT2D eigenvalue weighted by Crippen LogP contribution is 2.37. The van der Waals surface area contributed by atoms with Crippen LogP contribution in [-0.2, 0) is 0 Å². The average Bonchev–Trinajstić information content (AvgIpc) is 3.08. The van der Waals surface area contributed by atoms with Crippen molar-refractivity contribution in [3.8, 4) is 11.5 Å². The lowest BCUT2D eigenvalue weighted by Gasteiger charge is -2.04. The van der Waals surface area contributed by atoms with Crippen LogP contribution in [0.2, 0.25) is 5.02 Å². The molecule has 114 valence electrons. The van der Waals surface area contributed by atoms with Crippen LogP contribution in [0.15, 0.2) is 77.2 Å². The van der Waals surface area contributed by atoms with Gasteiger partial charge in [-0.3, -0.25) is 0 Å². The maximum Gasteiger partial charge on any atom is 0.227 e. The number of nitrogens with zero attached hydrogens (tertiary/aromatic N) is 1. The van der Waals surface area contributed by atoms with E-state index in [2.05, 4.69) is 36.4 Å². The van der Waals surface area contributed by atoms with Gasteiger partial charge in [-0.1, -0.05) is 60.1 Å². The van der Waals surface area contributed by atoms with Gasteiger partial charge < -0.3 is 4.42 Å². The number of oxazole rings is 1. The van der Waals surface area contributed by atoms with Crippen molar-refractivity contribution < 1.29 is 4.42 Å². The first-order valence-corrected chi connectivity index (χ1v) is 8.15. The largest absolute Gasteiger partial charge is 0.435 e. The van der Waals surface area contributed by atoms with Crippen molar-refractivity contribution in [3.63, 3.8) is 0 Å². The summed E-state index contributed by atoms with van der Waals surface area (Å²) < 4.78 is 6.16. The Kier molecular flexibility index (Phi) is 2.88. The highest BCUT2D eigenvalue weighted by molar-refractivity contribution is 6.30. The van der Waals surface area contributed by atoms with Crippen LogP contribution in [0, 0.1) is 0 Å². The quantitative estimate of drug-likeness (QED) is 0.330. The fourth-order valence-electron chi connectivity index (χ4n) is 3.24. The molecular formula is C21H12ClNO. The number of benzene rings is 4. The van der Waals surface area contributed by atoms with Gasteiger partial charge in [0.25, 0.3) is 0 Å². The molecule has 1 aromatic heterocycles. The Morgan fingerprint density at radius 2 is 1.25 bits per heavy atom. The first-order valence-electron chi connectivity index (χ1n) is 7.77. The molecule has 0 amide bonds. The molecule has 0 aliphatic carbocycles. The first kappa shape index (κ1) is 13.6. The van der Waals surface area contributed by atoms with E-state index in [0.717, 1.165) is 27.4 Å². The summed E-state index contributed by atoms with van der Waals surface area (Å²) in [7, 11) is 0. The zero-order valence-electron chi connectivity index (χ0n) is 12.7. The maximum absolute atomic E-state index is 6.16. The Balaban J connectivity index is 1.93. The molecule has 0 saturated heterocycles. The van der Waals surface area contributed by atoms with Crippen molar-refractivity contribution in [3.05, 3.63) is 77.8 Å². The lowest BCUT2D eigenvalue weighted by molar-refractivity contribution is 0.623. The number of halogens is 1. The molecule has 0 saturated carbocycles. The van der Waals surface area contributed by atoms with Gasteiger partial charge in [-0.15, -0.1) is 0 Å². The van der Waals surface area contributed by atoms with Gasteiger partial charge in [0.2, 0.25) is 5.89 Å². The van der Waals surface area contributed by atoms with E-state index in [4.69, 9.17) is 21.0 Å². The number of fused-ring (bicyclic) bond motifs is 6. The molecule has 0 aliphatic heterocycles. The van der Waals surface area contributed by atoms with Crippen LogP contribution in [0.1, 0.15) is 0 Å². The Labute approximate surface area is 143 Å². The molecule has 24 heavy (non-hydrogen) atoms. The third kappa shape index (κ3) is 1.93. The zero-order chi connectivity index (χ0) is 16.1. The minimum atomic E-state index is 0.614. The first-order chi connectivity index (χ1) is 11.8. The fraction of sp³-hybridized carbons (Fsp3) is 0. The predicted molar refractivity (Wildman–Crippen MR) is 99.5 cm³/mol. The molecule has 0 unspecified atom stereocenters. The smallest absolute Gasteiger partial charge is 0.227 e. The molecule has 0 atom stereocenters. The molecule has 0 N–H and O–H groups in total. The molecule has 0 aliphatic rings. The number of aromatic nitrogens is 1. The number of hydrogen-bond acceptors (Lipinski definition) is 2. The Morgan fingerprint density at radius 3 is 1.96 bits per heavy atom. The van der Waals surface area contributed by atoms with Crippen LogP contribution in [0.3, 0.4) is 0 Å². The van der Waals surface area contributed by atoms with Crippen LogP contribution in [0.4, 0.5) is 0 Å². The SMILES string of the molecule is Clc1ccc(-c2nc3c4ccccc4c4ccccc4c3o2)cc1. The normalized spacial score (nSPS) is 11.5. The molecule has 0 radical (unpaired) electrons. The Bertz CT molecular complexity index is 1130. The van der Waals surface area contributed by atoms with Crippen LogP contribution >= 0.6 is 11.6 Å². The summed E-state index contributed by atoms with van der Waals surface area (Å²) in [4.78, 5) is 4.78. The summed E-state index contributed by atoms with van der Waals surface area (Å²) in [6.45, 7) is 0. The molecule has 5 aromatic rings. The van der Waals surface area contributed by atoms with Crippen LogP contribution in [0.25, 0.3) is 44.1 Å². The van der Waals surface area contributed by atoms with E-state index >= 15 is 0 Å². The summed E-state index contributed by atoms with van der Waals surface area (Å²) in [5.74, 6) is 0.614. The van der Waals surface area contributed by atoms with Crippen molar-refractivity contribution in [1.29, 1.82) is 0 Å². The zero-order valence-corrected chi connectivity index (χ0v) is 13.4. The van der Waals surface area contributed by atoms with Crippen molar-refractivity contribution in [2.75, 3.05) is 0 Å². The van der Waals surface area contributed by atoms with Gasteiger partial charge in [0.15, 0.2) is 5.58 Å². The summed E-state index contributed by atoms with van der Waals surface area (Å²) in [5, 5.41) is 5.26. The van der Waals surface area contributed by atoms with Gasteiger partial charge in [0.05, 0.1) is 0 Å². The van der Waals surface area contributed by atoms with Crippen molar-refractivity contribution in [2.45, 2.75) is 0 Å². The minimum Gasteiger partial charge on any atom is -0.435 e. The molecule has 4 aromatic carbocycles. The summed E-state index contributed by atoms with van der Waals surface area (Å²) in [6, 6.07) is 24.2. The van der Waals surface area contributed by atoms with Gasteiger partial charge in [-0.2, -0.15) is 0 Å². The molecule has 0 bridgehead atoms. The molecule has 5 rings (SSSR count). The average molecular weight is 330 g/mol. The van der Waals surface area contributed by atoms with Crippen molar-refractivity contribution >= 4 is 44.2 Å². The molecule has 2 nitrogen and oxygen atoms in total. The van der Waals surface area contributed by atoms with E-state index in [1.165, 1.54) is 10.8 Å². The van der Waals surface area contributed by atoms with Crippen LogP contribution < -0.4 is 0 Å². The molecular weight excluding hydrogens is 318 g/mol. The fourth-order valence-corrected chi connectivity index (χ4v) is 3.37. The highest BCUT2D eigenvalue weighted by Gasteiger charge is 2.15. The second-order valence-electron chi connectivity index (χ2n) is 5.79. The maximum atomic E-state index is 6.16. The summed E-state index contributed by atoms with van der Waals surface area (Å²) in [5.41, 5.74) is 2.65. The number of hydrogen-bond donors (Lipinski definition) is 0. The molecule has 1 heterocycles.